The number of carboxylic acid groups (broad SMARTS) is 2. The highest BCUT2D eigenvalue weighted by Gasteiger charge is 2.28. The van der Waals surface area contributed by atoms with Crippen LogP contribution in [0.2, 0.25) is 0 Å². The second-order valence-corrected chi connectivity index (χ2v) is 11.5. The molecule has 0 spiro atoms. The van der Waals surface area contributed by atoms with Gasteiger partial charge in [-0.15, -0.1) is 0 Å². The van der Waals surface area contributed by atoms with E-state index in [1.54, 1.807) is 7.11 Å². The molecule has 9 nitrogen and oxygen atoms in total. The van der Waals surface area contributed by atoms with Crippen molar-refractivity contribution >= 4 is 18.0 Å². The lowest BCUT2D eigenvalue weighted by atomic mass is 9.88. The van der Waals surface area contributed by atoms with Gasteiger partial charge in [-0.2, -0.15) is 0 Å². The summed E-state index contributed by atoms with van der Waals surface area (Å²) in [4.78, 5) is 36.2. The molecule has 2 fully saturated rings. The van der Waals surface area contributed by atoms with Crippen LogP contribution in [0.4, 0.5) is 4.79 Å². The molecule has 0 aromatic heterocycles. The highest BCUT2D eigenvalue weighted by Crippen LogP contribution is 2.34. The van der Waals surface area contributed by atoms with E-state index in [1.807, 2.05) is 6.07 Å². The fraction of sp³-hybridized carbons (Fsp3) is 0.545. The van der Waals surface area contributed by atoms with Gasteiger partial charge >= 0.3 is 6.16 Å². The smallest absolute Gasteiger partial charge is 0.493 e. The van der Waals surface area contributed by atoms with Gasteiger partial charge in [0.15, 0.2) is 11.5 Å². The van der Waals surface area contributed by atoms with Crippen molar-refractivity contribution in [1.29, 1.82) is 0 Å². The monoisotopic (exact) mass is 580 g/mol. The molecule has 2 aromatic carbocycles. The normalized spacial score (nSPS) is 17.5. The van der Waals surface area contributed by atoms with Crippen LogP contribution < -0.4 is 9.47 Å². The van der Waals surface area contributed by atoms with Crippen molar-refractivity contribution < 1.29 is 34.1 Å². The van der Waals surface area contributed by atoms with Crippen LogP contribution in [0.5, 0.6) is 11.5 Å². The molecule has 1 heterocycles. The third-order valence-electron chi connectivity index (χ3n) is 8.71. The van der Waals surface area contributed by atoms with E-state index in [2.05, 4.69) is 42.2 Å². The number of nitrogens with zero attached hydrogens (tertiary/aromatic N) is 2. The van der Waals surface area contributed by atoms with Crippen LogP contribution in [0.15, 0.2) is 36.4 Å². The van der Waals surface area contributed by atoms with Gasteiger partial charge in [-0.3, -0.25) is 19.4 Å². The van der Waals surface area contributed by atoms with Crippen LogP contribution in [-0.4, -0.2) is 64.8 Å². The summed E-state index contributed by atoms with van der Waals surface area (Å²) in [5.41, 5.74) is 5.67. The van der Waals surface area contributed by atoms with Crippen molar-refractivity contribution in [3.8, 4) is 11.5 Å². The zero-order valence-electron chi connectivity index (χ0n) is 24.8. The maximum atomic E-state index is 11.9. The van der Waals surface area contributed by atoms with Crippen molar-refractivity contribution in [2.24, 2.45) is 5.92 Å². The van der Waals surface area contributed by atoms with Gasteiger partial charge < -0.3 is 19.7 Å². The second kappa shape index (κ2) is 15.0. The van der Waals surface area contributed by atoms with Crippen molar-refractivity contribution in [2.45, 2.75) is 83.7 Å². The molecule has 9 heteroatoms. The molecule has 2 aromatic rings. The second-order valence-electron chi connectivity index (χ2n) is 11.5. The van der Waals surface area contributed by atoms with Crippen molar-refractivity contribution in [3.05, 3.63) is 58.7 Å². The Balaban J connectivity index is 0.000000952. The molecule has 3 aliphatic rings. The topological polar surface area (TPSA) is 117 Å². The lowest BCUT2D eigenvalue weighted by molar-refractivity contribution is -0.138. The van der Waals surface area contributed by atoms with E-state index in [4.69, 9.17) is 24.5 Å². The third-order valence-corrected chi connectivity index (χ3v) is 8.71. The number of likely N-dealkylation sites (tertiary alicyclic amines) is 1. The van der Waals surface area contributed by atoms with E-state index in [-0.39, 0.29) is 25.0 Å². The predicted octanol–water partition coefficient (Wildman–Crippen LogP) is 6.08. The Bertz CT molecular complexity index is 1220. The highest BCUT2D eigenvalue weighted by atomic mass is 16.6. The Kier molecular flexibility index (Phi) is 11.2. The van der Waals surface area contributed by atoms with Gasteiger partial charge in [0.2, 0.25) is 11.8 Å². The zero-order chi connectivity index (χ0) is 30.1. The van der Waals surface area contributed by atoms with Crippen LogP contribution in [0.1, 0.15) is 86.6 Å². The van der Waals surface area contributed by atoms with Crippen molar-refractivity contribution in [3.63, 3.8) is 0 Å². The number of amides is 2. The highest BCUT2D eigenvalue weighted by molar-refractivity contribution is 6.01. The minimum absolute atomic E-state index is 0.114. The Morgan fingerprint density at radius 1 is 0.929 bits per heavy atom. The molecule has 0 radical (unpaired) electrons. The van der Waals surface area contributed by atoms with Gasteiger partial charge in [0.25, 0.3) is 0 Å². The number of ether oxygens (including phenoxy) is 2. The molecule has 2 aliphatic carbocycles. The number of imide groups is 1. The molecule has 1 atom stereocenters. The quantitative estimate of drug-likeness (QED) is 0.307. The summed E-state index contributed by atoms with van der Waals surface area (Å²) in [7, 11) is 1.66. The zero-order valence-corrected chi connectivity index (χ0v) is 24.8. The molecule has 1 unspecified atom stereocenters. The molecule has 1 saturated heterocycles. The number of benzene rings is 2. The lowest BCUT2D eigenvalue weighted by Gasteiger charge is -2.34. The van der Waals surface area contributed by atoms with Crippen LogP contribution in [0, 0.1) is 5.92 Å². The van der Waals surface area contributed by atoms with Gasteiger partial charge in [-0.05, 0) is 79.3 Å². The van der Waals surface area contributed by atoms with Crippen LogP contribution >= 0.6 is 0 Å². The Morgan fingerprint density at radius 3 is 2.31 bits per heavy atom. The summed E-state index contributed by atoms with van der Waals surface area (Å²) in [5.74, 6) is 1.85. The standard InChI is InChI=1S/C32H42N2O4.CH2O3/c1-23(27-13-12-26-9-6-10-28(26)20-27)33(21-24-7-4-3-5-8-24)22-25-11-14-29(30(19-25)37-2)38-18-17-34-31(35)15-16-32(34)36;2-1(3)4/h11-14,19-20,23-24H,3-10,15-18,21-22H2,1-2H3;(H2,2,3,4). The molecule has 5 rings (SSSR count). The summed E-state index contributed by atoms with van der Waals surface area (Å²) in [5, 5.41) is 13.9. The Hall–Kier alpha value is -3.59. The lowest BCUT2D eigenvalue weighted by Crippen LogP contribution is -2.33. The van der Waals surface area contributed by atoms with E-state index >= 15 is 0 Å². The number of fused-ring (bicyclic) bond motifs is 1. The average molecular weight is 581 g/mol. The van der Waals surface area contributed by atoms with Crippen molar-refractivity contribution in [2.75, 3.05) is 26.8 Å². The third kappa shape index (κ3) is 8.47. The molecular formula is C33H44N2O7. The first kappa shape index (κ1) is 31.3. The minimum atomic E-state index is -1.83. The number of hydrogen-bond donors (Lipinski definition) is 2. The number of rotatable bonds is 11. The largest absolute Gasteiger partial charge is 0.503 e. The summed E-state index contributed by atoms with van der Waals surface area (Å²) >= 11 is 0. The number of carbonyl (C=O) groups is 3. The van der Waals surface area contributed by atoms with Gasteiger partial charge in [-0.25, -0.2) is 4.79 Å². The van der Waals surface area contributed by atoms with Gasteiger partial charge in [-0.1, -0.05) is 43.5 Å². The Labute approximate surface area is 248 Å². The molecule has 1 aliphatic heterocycles. The number of methoxy groups -OCH3 is 1. The van der Waals surface area contributed by atoms with E-state index in [0.29, 0.717) is 30.4 Å². The first-order valence-corrected chi connectivity index (χ1v) is 15.2. The van der Waals surface area contributed by atoms with Crippen LogP contribution in [0.3, 0.4) is 0 Å². The number of hydrogen-bond acceptors (Lipinski definition) is 6. The molecule has 228 valence electrons. The number of carbonyl (C=O) groups excluding carboxylic acids is 2. The summed E-state index contributed by atoms with van der Waals surface area (Å²) in [6.07, 6.45) is 9.19. The molecule has 0 bridgehead atoms. The van der Waals surface area contributed by atoms with Gasteiger partial charge in [0.05, 0.1) is 13.7 Å². The van der Waals surface area contributed by atoms with Crippen molar-refractivity contribution in [1.82, 2.24) is 9.80 Å². The summed E-state index contributed by atoms with van der Waals surface area (Å²) in [6.45, 7) is 4.85. The van der Waals surface area contributed by atoms with E-state index in [9.17, 15) is 9.59 Å². The average Bonchev–Trinajstić information content (AvgIpc) is 3.58. The van der Waals surface area contributed by atoms with E-state index in [0.717, 1.165) is 19.0 Å². The van der Waals surface area contributed by atoms with E-state index < -0.39 is 6.16 Å². The maximum absolute atomic E-state index is 11.9. The first-order chi connectivity index (χ1) is 20.2. The van der Waals surface area contributed by atoms with E-state index in [1.165, 1.54) is 78.5 Å². The summed E-state index contributed by atoms with van der Waals surface area (Å²) in [6, 6.07) is 13.6. The van der Waals surface area contributed by atoms with Crippen LogP contribution in [-0.2, 0) is 29.0 Å². The summed E-state index contributed by atoms with van der Waals surface area (Å²) < 4.78 is 11.6. The SMILES string of the molecule is COc1cc(CN(CC2CCCCC2)C(C)c2ccc3c(c2)CCC3)ccc1OCCN1C(=O)CCC1=O.O=C(O)O. The fourth-order valence-corrected chi connectivity index (χ4v) is 6.41. The first-order valence-electron chi connectivity index (χ1n) is 15.2. The minimum Gasteiger partial charge on any atom is -0.493 e. The Morgan fingerprint density at radius 2 is 1.62 bits per heavy atom. The molecular weight excluding hydrogens is 536 g/mol. The van der Waals surface area contributed by atoms with Gasteiger partial charge in [0.1, 0.15) is 6.61 Å². The number of aryl methyl sites for hydroxylation is 2. The predicted molar refractivity (Wildman–Crippen MR) is 159 cm³/mol. The molecule has 2 N–H and O–H groups in total. The molecule has 42 heavy (non-hydrogen) atoms. The van der Waals surface area contributed by atoms with Gasteiger partial charge in [0, 0.05) is 32.0 Å². The molecule has 2 amide bonds. The maximum Gasteiger partial charge on any atom is 0.503 e. The van der Waals surface area contributed by atoms with Crippen LogP contribution in [0.25, 0.3) is 0 Å². The fourth-order valence-electron chi connectivity index (χ4n) is 6.41. The molecule has 1 saturated carbocycles.